The van der Waals surface area contributed by atoms with Crippen LogP contribution in [0.5, 0.6) is 0 Å². The molecule has 0 N–H and O–H groups in total. The molecule has 104 valence electrons. The maximum Gasteiger partial charge on any atom is 0.276 e. The molecule has 1 fully saturated rings. The second kappa shape index (κ2) is 5.25. The number of rotatable bonds is 1. The van der Waals surface area contributed by atoms with Gasteiger partial charge in [0.05, 0.1) is 13.2 Å². The molecule has 2 heterocycles. The summed E-state index contributed by atoms with van der Waals surface area (Å²) in [4.78, 5) is 30.4. The van der Waals surface area contributed by atoms with Crippen molar-refractivity contribution in [3.8, 4) is 0 Å². The number of amides is 1. The Morgan fingerprint density at radius 1 is 1.37 bits per heavy atom. The lowest BCUT2D eigenvalue weighted by atomic mass is 9.76. The highest BCUT2D eigenvalue weighted by atomic mass is 16.5. The molecular weight excluding hydrogens is 244 g/mol. The zero-order chi connectivity index (χ0) is 14.0. The van der Waals surface area contributed by atoms with E-state index in [1.807, 2.05) is 20.8 Å². The maximum absolute atomic E-state index is 12.4. The van der Waals surface area contributed by atoms with Crippen molar-refractivity contribution < 1.29 is 14.3 Å². The Labute approximate surface area is 113 Å². The molecule has 2 rings (SSSR count). The number of Topliss-reactive ketones (excluding diaryl/α,β-unsaturated/α-hetero) is 1. The van der Waals surface area contributed by atoms with Crippen LogP contribution in [0.15, 0.2) is 17.3 Å². The number of ether oxygens (including phenoxy) is 1. The van der Waals surface area contributed by atoms with Crippen LogP contribution in [0.4, 0.5) is 0 Å². The van der Waals surface area contributed by atoms with Gasteiger partial charge < -0.3 is 9.64 Å². The molecular formula is C14H20N2O3. The first kappa shape index (κ1) is 13.9. The van der Waals surface area contributed by atoms with Crippen molar-refractivity contribution in [3.63, 3.8) is 0 Å². The molecule has 2 aliphatic heterocycles. The van der Waals surface area contributed by atoms with Gasteiger partial charge in [-0.15, -0.1) is 0 Å². The summed E-state index contributed by atoms with van der Waals surface area (Å²) < 4.78 is 5.21. The van der Waals surface area contributed by atoms with Gasteiger partial charge in [-0.05, 0) is 5.41 Å². The summed E-state index contributed by atoms with van der Waals surface area (Å²) in [5, 5.41) is 0. The second-order valence-electron chi connectivity index (χ2n) is 5.93. The molecule has 5 nitrogen and oxygen atoms in total. The Bertz CT molecular complexity index is 440. The van der Waals surface area contributed by atoms with Crippen LogP contribution in [0, 0.1) is 11.3 Å². The summed E-state index contributed by atoms with van der Waals surface area (Å²) in [6, 6.07) is 0. The molecule has 1 amide bonds. The fourth-order valence-electron chi connectivity index (χ4n) is 2.26. The number of aliphatic imine (C=N–C) groups is 1. The van der Waals surface area contributed by atoms with E-state index >= 15 is 0 Å². The van der Waals surface area contributed by atoms with Gasteiger partial charge in [0.1, 0.15) is 0 Å². The Hall–Kier alpha value is -1.49. The minimum Gasteiger partial charge on any atom is -0.378 e. The molecule has 0 saturated carbocycles. The zero-order valence-corrected chi connectivity index (χ0v) is 11.7. The minimum atomic E-state index is -0.287. The molecule has 0 aromatic heterocycles. The number of carbonyl (C=O) groups excluding carboxylic acids is 2. The van der Waals surface area contributed by atoms with Crippen LogP contribution in [0.2, 0.25) is 0 Å². The van der Waals surface area contributed by atoms with Crippen LogP contribution < -0.4 is 0 Å². The summed E-state index contributed by atoms with van der Waals surface area (Å²) in [6.07, 6.45) is 3.35. The fraction of sp³-hybridized carbons (Fsp3) is 0.643. The molecule has 0 spiro atoms. The van der Waals surface area contributed by atoms with Crippen molar-refractivity contribution in [2.45, 2.75) is 20.8 Å². The van der Waals surface area contributed by atoms with Gasteiger partial charge in [0.25, 0.3) is 5.91 Å². The Morgan fingerprint density at radius 2 is 2.00 bits per heavy atom. The van der Waals surface area contributed by atoms with Crippen molar-refractivity contribution in [2.24, 2.45) is 16.3 Å². The predicted octanol–water partition coefficient (Wildman–Crippen LogP) is 1.04. The SMILES string of the molecule is CC(C)(C)C1C=CN=C(C(=O)N2CCOCC2)C1=O. The van der Waals surface area contributed by atoms with Crippen molar-refractivity contribution in [2.75, 3.05) is 26.3 Å². The van der Waals surface area contributed by atoms with Crippen molar-refractivity contribution in [3.05, 3.63) is 12.3 Å². The van der Waals surface area contributed by atoms with Crippen molar-refractivity contribution in [1.82, 2.24) is 4.90 Å². The predicted molar refractivity (Wildman–Crippen MR) is 71.9 cm³/mol. The van der Waals surface area contributed by atoms with E-state index in [-0.39, 0.29) is 28.7 Å². The van der Waals surface area contributed by atoms with Gasteiger partial charge in [-0.2, -0.15) is 0 Å². The first-order valence-corrected chi connectivity index (χ1v) is 6.57. The second-order valence-corrected chi connectivity index (χ2v) is 5.93. The third-order valence-electron chi connectivity index (χ3n) is 3.43. The molecule has 0 bridgehead atoms. The van der Waals surface area contributed by atoms with E-state index in [0.29, 0.717) is 26.3 Å². The number of ketones is 1. The zero-order valence-electron chi connectivity index (χ0n) is 11.7. The van der Waals surface area contributed by atoms with Crippen molar-refractivity contribution >= 4 is 17.4 Å². The normalized spacial score (nSPS) is 24.4. The van der Waals surface area contributed by atoms with Crippen molar-refractivity contribution in [1.29, 1.82) is 0 Å². The lowest BCUT2D eigenvalue weighted by Crippen LogP contribution is -2.48. The van der Waals surface area contributed by atoms with Crippen LogP contribution in [0.25, 0.3) is 0 Å². The fourth-order valence-corrected chi connectivity index (χ4v) is 2.26. The Kier molecular flexibility index (Phi) is 3.85. The molecule has 1 atom stereocenters. The molecule has 0 aliphatic carbocycles. The highest BCUT2D eigenvalue weighted by molar-refractivity contribution is 6.66. The summed E-state index contributed by atoms with van der Waals surface area (Å²) in [7, 11) is 0. The number of nitrogens with zero attached hydrogens (tertiary/aromatic N) is 2. The van der Waals surface area contributed by atoms with Gasteiger partial charge in [-0.25, -0.2) is 4.99 Å². The average Bonchev–Trinajstić information content (AvgIpc) is 2.38. The standard InChI is InChI=1S/C14H20N2O3/c1-14(2,3)10-4-5-15-11(12(10)17)13(18)16-6-8-19-9-7-16/h4-5,10H,6-9H2,1-3H3. The third kappa shape index (κ3) is 2.92. The van der Waals surface area contributed by atoms with E-state index in [4.69, 9.17) is 4.74 Å². The van der Waals surface area contributed by atoms with E-state index in [9.17, 15) is 9.59 Å². The molecule has 0 aromatic carbocycles. The largest absolute Gasteiger partial charge is 0.378 e. The monoisotopic (exact) mass is 264 g/mol. The molecule has 1 saturated heterocycles. The summed E-state index contributed by atoms with van der Waals surface area (Å²) in [5.74, 6) is -0.733. The van der Waals surface area contributed by atoms with Gasteiger partial charge in [0.15, 0.2) is 11.5 Å². The minimum absolute atomic E-state index is 0.0596. The van der Waals surface area contributed by atoms with Gasteiger partial charge >= 0.3 is 0 Å². The first-order valence-electron chi connectivity index (χ1n) is 6.57. The van der Waals surface area contributed by atoms with Gasteiger partial charge in [-0.3, -0.25) is 9.59 Å². The van der Waals surface area contributed by atoms with Gasteiger partial charge in [-0.1, -0.05) is 26.8 Å². The summed E-state index contributed by atoms with van der Waals surface area (Å²) in [5.41, 5.74) is -0.149. The summed E-state index contributed by atoms with van der Waals surface area (Å²) in [6.45, 7) is 8.05. The maximum atomic E-state index is 12.4. The van der Waals surface area contributed by atoms with Crippen LogP contribution in [-0.2, 0) is 14.3 Å². The first-order chi connectivity index (χ1) is 8.91. The molecule has 1 unspecified atom stereocenters. The van der Waals surface area contributed by atoms with E-state index in [2.05, 4.69) is 4.99 Å². The number of hydrogen-bond donors (Lipinski definition) is 0. The number of allylic oxidation sites excluding steroid dienone is 1. The van der Waals surface area contributed by atoms with E-state index in [0.717, 1.165) is 0 Å². The van der Waals surface area contributed by atoms with Crippen LogP contribution in [0.1, 0.15) is 20.8 Å². The quantitative estimate of drug-likeness (QED) is 0.711. The molecule has 2 aliphatic rings. The van der Waals surface area contributed by atoms with E-state index < -0.39 is 0 Å². The highest BCUT2D eigenvalue weighted by Crippen LogP contribution is 2.30. The van der Waals surface area contributed by atoms with Crippen LogP contribution in [0.3, 0.4) is 0 Å². The molecule has 5 heteroatoms. The molecule has 0 radical (unpaired) electrons. The Morgan fingerprint density at radius 3 is 2.58 bits per heavy atom. The highest BCUT2D eigenvalue weighted by Gasteiger charge is 2.37. The van der Waals surface area contributed by atoms with E-state index in [1.54, 1.807) is 17.2 Å². The number of carbonyl (C=O) groups is 2. The van der Waals surface area contributed by atoms with E-state index in [1.165, 1.54) is 0 Å². The van der Waals surface area contributed by atoms with Crippen LogP contribution >= 0.6 is 0 Å². The summed E-state index contributed by atoms with van der Waals surface area (Å²) >= 11 is 0. The topological polar surface area (TPSA) is 59.0 Å². The smallest absolute Gasteiger partial charge is 0.276 e. The van der Waals surface area contributed by atoms with Gasteiger partial charge in [0, 0.05) is 25.2 Å². The lowest BCUT2D eigenvalue weighted by Gasteiger charge is -2.31. The average molecular weight is 264 g/mol. The van der Waals surface area contributed by atoms with Gasteiger partial charge in [0.2, 0.25) is 0 Å². The third-order valence-corrected chi connectivity index (χ3v) is 3.43. The lowest BCUT2D eigenvalue weighted by molar-refractivity contribution is -0.129. The Balaban J connectivity index is 2.16. The molecule has 0 aromatic rings. The number of morpholine rings is 1. The number of hydrogen-bond acceptors (Lipinski definition) is 4. The molecule has 19 heavy (non-hydrogen) atoms. The van der Waals surface area contributed by atoms with Crippen LogP contribution in [-0.4, -0.2) is 48.6 Å².